The number of para-hydroxylation sites is 1. The van der Waals surface area contributed by atoms with E-state index in [0.717, 1.165) is 63.3 Å². The Kier molecular flexibility index (Phi) is 28.9. The second-order valence-electron chi connectivity index (χ2n) is 30.2. The number of anilines is 3. The summed E-state index contributed by atoms with van der Waals surface area (Å²) in [7, 11) is 1.71. The molecular formula is C81H104N14O19S. The first-order valence-electron chi connectivity index (χ1n) is 39.3. The topological polar surface area (TPSA) is 419 Å². The van der Waals surface area contributed by atoms with Gasteiger partial charge in [-0.1, -0.05) is 61.6 Å². The van der Waals surface area contributed by atoms with Gasteiger partial charge in [0.2, 0.25) is 30.0 Å². The lowest BCUT2D eigenvalue weighted by atomic mass is 9.11. The number of hydrogen-bond acceptors (Lipinski definition) is 24. The van der Waals surface area contributed by atoms with Gasteiger partial charge in [0, 0.05) is 110 Å². The highest BCUT2D eigenvalue weighted by atomic mass is 32.1. The van der Waals surface area contributed by atoms with Crippen LogP contribution in [0.2, 0.25) is 0 Å². The molecule has 8 atom stereocenters. The van der Waals surface area contributed by atoms with Gasteiger partial charge >= 0.3 is 12.0 Å². The molecule has 6 unspecified atom stereocenters. The van der Waals surface area contributed by atoms with E-state index in [0.29, 0.717) is 137 Å². The maximum atomic E-state index is 13.8. The zero-order valence-electron chi connectivity index (χ0n) is 65.4. The maximum Gasteiger partial charge on any atom is 0.355 e. The first-order chi connectivity index (χ1) is 55.5. The number of aliphatic hydroxyl groups is 1. The molecule has 33 nitrogen and oxygen atoms in total. The predicted molar refractivity (Wildman–Crippen MR) is 422 cm³/mol. The van der Waals surface area contributed by atoms with Crippen molar-refractivity contribution in [1.29, 1.82) is 0 Å². The van der Waals surface area contributed by atoms with Crippen molar-refractivity contribution in [2.75, 3.05) is 141 Å². The molecule has 3 aromatic carbocycles. The van der Waals surface area contributed by atoms with Crippen LogP contribution in [-0.4, -0.2) is 243 Å². The molecule has 10 N–H and O–H groups in total. The number of fused-ring (bicyclic) bond motifs is 2. The molecule has 3 aromatic heterocycles. The number of likely N-dealkylation sites (N-methyl/N-ethyl adjacent to an activating group) is 1. The summed E-state index contributed by atoms with van der Waals surface area (Å²) in [5, 5.41) is 43.4. The quantitative estimate of drug-likeness (QED) is 0.0133. The van der Waals surface area contributed by atoms with Crippen LogP contribution >= 0.6 is 11.3 Å². The number of pyridine rings is 1. The van der Waals surface area contributed by atoms with E-state index in [4.69, 9.17) is 53.7 Å². The van der Waals surface area contributed by atoms with Crippen LogP contribution in [0, 0.1) is 35.5 Å². The number of primary amides is 1. The Morgan fingerprint density at radius 1 is 0.730 bits per heavy atom. The molecule has 4 fully saturated rings. The molecule has 0 bridgehead atoms. The highest BCUT2D eigenvalue weighted by molar-refractivity contribution is 7.22. The van der Waals surface area contributed by atoms with Crippen LogP contribution in [-0.2, 0) is 92.8 Å². The molecule has 2 aliphatic heterocycles. The summed E-state index contributed by atoms with van der Waals surface area (Å²) in [6, 6.07) is 21.2. The molecule has 5 heterocycles. The minimum atomic E-state index is -1.25. The second-order valence-corrected chi connectivity index (χ2v) is 31.2. The van der Waals surface area contributed by atoms with Gasteiger partial charge in [0.25, 0.3) is 17.7 Å². The van der Waals surface area contributed by atoms with Crippen molar-refractivity contribution in [2.45, 2.75) is 122 Å². The standard InChI is InChI=1S/C81H104N14O19S/c1-51(2)70(90-67(97)24-30-107-33-36-110-39-40-111-37-34-108-31-26-83-66(96)23-28-94-68(98)20-21-69(94)99)74(102)87-63(12-8-25-84-76(82)105)73(101)86-57-16-14-53(15-17-57)48-113-78(106)92(4)29-32-109-35-38-112-41-42-114-80-45-56-43-55-44-79(49-80,81(55,56)80)50-95-52(3)60(46-85-95)58-18-19-65(89-71(58)75(103)104)93-27-22-54-9-7-10-59(61(54)47-93)72(100)91-77-88-62-11-5-6-13-64(62)115-77/h5-7,9-11,13-21,46,51,55-56,63,70,78,106H,8,12,22-45,47-50H2,1-4H3,(H,83,96)(H,86,101)(H,87,102)(H,90,97)(H,103,104)(H3,82,84,105)(H,88,91,100)/t55?,56?,63-,70-,78?,79?,80?,81?/m0/s1. The van der Waals surface area contributed by atoms with E-state index in [9.17, 15) is 53.4 Å². The van der Waals surface area contributed by atoms with E-state index >= 15 is 0 Å². The van der Waals surface area contributed by atoms with Crippen molar-refractivity contribution in [3.05, 3.63) is 131 Å². The van der Waals surface area contributed by atoms with Gasteiger partial charge in [-0.05, 0) is 136 Å². The summed E-state index contributed by atoms with van der Waals surface area (Å²) in [5.41, 5.74) is 11.8. The minimum Gasteiger partial charge on any atom is -0.476 e. The van der Waals surface area contributed by atoms with Gasteiger partial charge in [0.1, 0.15) is 17.9 Å². The SMILES string of the molecule is Cc1c(-c2ccc(N3CCc4cccc(C(=O)Nc5nc6ccccc6s5)c4C3)nc2C(=O)O)cnn1CC12CC3CC4CC(OCCOCCOCCN(C)C(O)OCc5ccc(NC(=O)[C@H](CCCNC(N)=O)NC(=O)[C@@H](NC(=O)CCOCCOCCOCCOCCNC(=O)CCN6C(=O)C=CC6=O)C(C)C)cc5)(C1)C342. The number of thiazole rings is 1. The number of carbonyl (C=O) groups is 9. The lowest BCUT2D eigenvalue weighted by Gasteiger charge is -2.94. The Labute approximate surface area is 670 Å². The third-order valence-corrected chi connectivity index (χ3v) is 23.6. The lowest BCUT2D eigenvalue weighted by Crippen LogP contribution is -2.94. The average Bonchev–Trinajstić information content (AvgIpc) is 0.683. The van der Waals surface area contributed by atoms with Crippen LogP contribution in [0.15, 0.2) is 97.2 Å². The summed E-state index contributed by atoms with van der Waals surface area (Å²) in [6.45, 7) is 12.0. The van der Waals surface area contributed by atoms with Crippen molar-refractivity contribution in [1.82, 2.24) is 50.8 Å². The molecule has 6 aromatic rings. The number of carboxylic acids is 1. The van der Waals surface area contributed by atoms with Gasteiger partial charge in [-0.25, -0.2) is 19.6 Å². The molecule has 34 heteroatoms. The Morgan fingerprint density at radius 3 is 2.12 bits per heavy atom. The monoisotopic (exact) mass is 1610 g/mol. The number of aromatic nitrogens is 4. The number of aliphatic hydroxyl groups excluding tert-OH is 1. The molecule has 4 saturated carbocycles. The largest absolute Gasteiger partial charge is 0.476 e. The molecule has 9 amide bonds. The van der Waals surface area contributed by atoms with E-state index in [2.05, 4.69) is 41.6 Å². The fourth-order valence-corrected chi connectivity index (χ4v) is 18.0. The summed E-state index contributed by atoms with van der Waals surface area (Å²) in [5.74, 6) is -2.71. The molecular weight excluding hydrogens is 1510 g/mol. The predicted octanol–water partition coefficient (Wildman–Crippen LogP) is 5.31. The number of benzene rings is 3. The van der Waals surface area contributed by atoms with E-state index in [-0.39, 0.29) is 112 Å². The van der Waals surface area contributed by atoms with E-state index in [1.165, 1.54) is 29.9 Å². The van der Waals surface area contributed by atoms with Gasteiger partial charge in [-0.3, -0.25) is 53.4 Å². The fraction of sp³-hybridized carbons (Fsp3) is 0.531. The zero-order chi connectivity index (χ0) is 81.2. The van der Waals surface area contributed by atoms with Gasteiger partial charge in [-0.15, -0.1) is 0 Å². The average molecular weight is 1610 g/mol. The zero-order valence-corrected chi connectivity index (χ0v) is 66.2. The van der Waals surface area contributed by atoms with Crippen molar-refractivity contribution in [3.8, 4) is 11.1 Å². The normalized spacial score (nSPS) is 20.3. The molecule has 115 heavy (non-hydrogen) atoms. The van der Waals surface area contributed by atoms with E-state index in [1.807, 2.05) is 66.4 Å². The number of urea groups is 1. The number of nitrogens with zero attached hydrogens (tertiary/aromatic N) is 7. The van der Waals surface area contributed by atoms with Crippen molar-refractivity contribution in [2.24, 2.45) is 34.3 Å². The Bertz CT molecular complexity index is 4430. The van der Waals surface area contributed by atoms with Gasteiger partial charge in [0.15, 0.2) is 10.8 Å². The smallest absolute Gasteiger partial charge is 0.355 e. The summed E-state index contributed by atoms with van der Waals surface area (Å²) < 4.78 is 49.4. The van der Waals surface area contributed by atoms with Crippen LogP contribution in [0.1, 0.15) is 108 Å². The fourth-order valence-electron chi connectivity index (χ4n) is 17.1. The van der Waals surface area contributed by atoms with Crippen LogP contribution in [0.25, 0.3) is 21.3 Å². The van der Waals surface area contributed by atoms with Crippen LogP contribution in [0.5, 0.6) is 0 Å². The molecule has 0 saturated heterocycles. The van der Waals surface area contributed by atoms with Crippen molar-refractivity contribution in [3.63, 3.8) is 0 Å². The lowest BCUT2D eigenvalue weighted by molar-refractivity contribution is -0.505. The number of nitrogens with two attached hydrogens (primary N) is 1. The van der Waals surface area contributed by atoms with Crippen LogP contribution < -0.4 is 42.5 Å². The van der Waals surface area contributed by atoms with Crippen molar-refractivity contribution < 1.29 is 91.3 Å². The Morgan fingerprint density at radius 2 is 1.43 bits per heavy atom. The maximum absolute atomic E-state index is 13.8. The minimum absolute atomic E-state index is 0.00183. The number of carbonyl (C=O) groups excluding carboxylic acids is 8. The highest BCUT2D eigenvalue weighted by Gasteiger charge is 2.94. The van der Waals surface area contributed by atoms with Crippen molar-refractivity contribution >= 4 is 91.5 Å². The van der Waals surface area contributed by atoms with Gasteiger partial charge < -0.3 is 85.3 Å². The third-order valence-electron chi connectivity index (χ3n) is 22.7. The van der Waals surface area contributed by atoms with E-state index < -0.39 is 60.0 Å². The molecule has 6 aliphatic rings. The van der Waals surface area contributed by atoms with Gasteiger partial charge in [-0.2, -0.15) is 5.10 Å². The Balaban J connectivity index is 0.502. The number of amides is 9. The number of aromatic carboxylic acids is 1. The third kappa shape index (κ3) is 20.2. The van der Waals surface area contributed by atoms with Crippen LogP contribution in [0.4, 0.5) is 21.4 Å². The molecule has 12 rings (SSSR count). The Hall–Kier alpha value is -9.72. The van der Waals surface area contributed by atoms with Gasteiger partial charge in [0.05, 0.1) is 115 Å². The second kappa shape index (κ2) is 39.3. The van der Waals surface area contributed by atoms with E-state index in [1.54, 1.807) is 56.3 Å². The summed E-state index contributed by atoms with van der Waals surface area (Å²) in [4.78, 5) is 128. The summed E-state index contributed by atoms with van der Waals surface area (Å²) in [6.07, 6.45) is 8.21. The number of ether oxygens (including phenoxy) is 8. The molecule has 0 radical (unpaired) electrons. The van der Waals surface area contributed by atoms with Crippen LogP contribution in [0.3, 0.4) is 0 Å². The first-order valence-corrected chi connectivity index (χ1v) is 40.1. The first kappa shape index (κ1) is 84.7. The molecule has 1 spiro atoms. The highest BCUT2D eigenvalue weighted by Crippen LogP contribution is 2.95. The number of carboxylic acid groups (broad SMARTS) is 1. The number of rotatable bonds is 49. The number of nitrogens with one attached hydrogen (secondary N) is 6. The summed E-state index contributed by atoms with van der Waals surface area (Å²) >= 11 is 1.42. The number of imide groups is 1. The molecule has 618 valence electrons. The number of hydrogen-bond donors (Lipinski definition) is 9. The molecule has 4 aliphatic carbocycles.